The van der Waals surface area contributed by atoms with Crippen molar-refractivity contribution < 1.29 is 4.39 Å². The van der Waals surface area contributed by atoms with Gasteiger partial charge in [-0.3, -0.25) is 0 Å². The standard InChI is InChI=1S/C11H5Br2Cl2FN2/c12-5-3-7(16)11(17-4-5)18-8-2-1-6(13)9(14)10(8)15/h1-4H,(H,17,18). The molecule has 18 heavy (non-hydrogen) atoms. The topological polar surface area (TPSA) is 24.9 Å². The van der Waals surface area contributed by atoms with Crippen molar-refractivity contribution in [2.75, 3.05) is 5.32 Å². The van der Waals surface area contributed by atoms with Gasteiger partial charge in [0.05, 0.1) is 15.7 Å². The molecule has 0 aliphatic rings. The van der Waals surface area contributed by atoms with Crippen LogP contribution in [0.25, 0.3) is 0 Å². The Balaban J connectivity index is 2.37. The maximum atomic E-state index is 13.6. The van der Waals surface area contributed by atoms with Crippen LogP contribution >= 0.6 is 55.1 Å². The van der Waals surface area contributed by atoms with Crippen LogP contribution in [-0.2, 0) is 0 Å². The molecule has 0 fully saturated rings. The molecule has 0 atom stereocenters. The number of rotatable bonds is 2. The van der Waals surface area contributed by atoms with E-state index in [1.54, 1.807) is 12.1 Å². The highest BCUT2D eigenvalue weighted by Gasteiger charge is 2.11. The van der Waals surface area contributed by atoms with Gasteiger partial charge in [-0.1, -0.05) is 23.2 Å². The Morgan fingerprint density at radius 2 is 1.89 bits per heavy atom. The molecule has 0 radical (unpaired) electrons. The zero-order chi connectivity index (χ0) is 13.3. The number of anilines is 2. The van der Waals surface area contributed by atoms with E-state index in [-0.39, 0.29) is 5.82 Å². The molecule has 0 unspecified atom stereocenters. The quantitative estimate of drug-likeness (QED) is 0.628. The molecule has 0 spiro atoms. The minimum absolute atomic E-state index is 0.0819. The van der Waals surface area contributed by atoms with E-state index in [2.05, 4.69) is 42.2 Å². The van der Waals surface area contributed by atoms with E-state index in [1.807, 2.05) is 0 Å². The molecule has 0 saturated heterocycles. The summed E-state index contributed by atoms with van der Waals surface area (Å²) in [4.78, 5) is 3.92. The molecule has 2 nitrogen and oxygen atoms in total. The van der Waals surface area contributed by atoms with Gasteiger partial charge < -0.3 is 5.32 Å². The normalized spacial score (nSPS) is 10.5. The molecular weight excluding hydrogens is 410 g/mol. The summed E-state index contributed by atoms with van der Waals surface area (Å²) >= 11 is 18.4. The highest BCUT2D eigenvalue weighted by atomic mass is 79.9. The molecule has 1 aromatic carbocycles. The third-order valence-corrected chi connectivity index (χ3v) is 4.30. The summed E-state index contributed by atoms with van der Waals surface area (Å²) in [7, 11) is 0. The lowest BCUT2D eigenvalue weighted by molar-refractivity contribution is 0.625. The molecule has 1 aromatic heterocycles. The first kappa shape index (κ1) is 14.1. The van der Waals surface area contributed by atoms with E-state index in [1.165, 1.54) is 12.3 Å². The first-order chi connectivity index (χ1) is 8.49. The van der Waals surface area contributed by atoms with Gasteiger partial charge in [-0.15, -0.1) is 0 Å². The number of halogens is 5. The fourth-order valence-electron chi connectivity index (χ4n) is 1.26. The second kappa shape index (κ2) is 5.74. The Bertz CT molecular complexity index is 608. The van der Waals surface area contributed by atoms with Gasteiger partial charge in [0.25, 0.3) is 0 Å². The van der Waals surface area contributed by atoms with Crippen molar-refractivity contribution in [1.29, 1.82) is 0 Å². The molecule has 2 aromatic rings. The number of hydrogen-bond acceptors (Lipinski definition) is 2. The number of pyridine rings is 1. The molecule has 0 aliphatic heterocycles. The van der Waals surface area contributed by atoms with E-state index < -0.39 is 5.82 Å². The van der Waals surface area contributed by atoms with Crippen LogP contribution in [0.3, 0.4) is 0 Å². The van der Waals surface area contributed by atoms with Crippen molar-refractivity contribution in [1.82, 2.24) is 4.98 Å². The monoisotopic (exact) mass is 412 g/mol. The number of nitrogens with one attached hydrogen (secondary N) is 1. The zero-order valence-corrected chi connectivity index (χ0v) is 13.3. The summed E-state index contributed by atoms with van der Waals surface area (Å²) in [5.74, 6) is -0.405. The molecule has 94 valence electrons. The predicted octanol–water partition coefficient (Wildman–Crippen LogP) is 5.80. The van der Waals surface area contributed by atoms with Crippen LogP contribution in [0.1, 0.15) is 0 Å². The van der Waals surface area contributed by atoms with E-state index in [0.717, 1.165) is 0 Å². The van der Waals surface area contributed by atoms with Crippen LogP contribution in [0.4, 0.5) is 15.9 Å². The molecule has 2 rings (SSSR count). The van der Waals surface area contributed by atoms with Gasteiger partial charge in [0.2, 0.25) is 0 Å². The van der Waals surface area contributed by atoms with E-state index in [0.29, 0.717) is 24.7 Å². The van der Waals surface area contributed by atoms with Crippen LogP contribution in [0.2, 0.25) is 10.0 Å². The van der Waals surface area contributed by atoms with E-state index >= 15 is 0 Å². The molecule has 0 saturated carbocycles. The maximum Gasteiger partial charge on any atom is 0.166 e. The minimum atomic E-state index is -0.487. The Hall–Kier alpha value is -0.360. The molecule has 1 N–H and O–H groups in total. The van der Waals surface area contributed by atoms with Gasteiger partial charge in [-0.05, 0) is 50.1 Å². The highest BCUT2D eigenvalue weighted by Crippen LogP contribution is 2.37. The summed E-state index contributed by atoms with van der Waals surface area (Å²) < 4.78 is 14.8. The average Bonchev–Trinajstić information content (AvgIpc) is 2.33. The Morgan fingerprint density at radius 1 is 1.17 bits per heavy atom. The fourth-order valence-corrected chi connectivity index (χ4v) is 2.38. The third kappa shape index (κ3) is 2.96. The number of benzene rings is 1. The highest BCUT2D eigenvalue weighted by molar-refractivity contribution is 9.10. The molecule has 1 heterocycles. The second-order valence-electron chi connectivity index (χ2n) is 3.33. The summed E-state index contributed by atoms with van der Waals surface area (Å²) in [6.45, 7) is 0. The molecule has 0 aliphatic carbocycles. The summed E-state index contributed by atoms with van der Waals surface area (Å²) in [6.07, 6.45) is 1.49. The molecule has 0 bridgehead atoms. The minimum Gasteiger partial charge on any atom is -0.337 e. The Labute approximate surface area is 130 Å². The smallest absolute Gasteiger partial charge is 0.166 e. The third-order valence-electron chi connectivity index (χ3n) is 2.10. The summed E-state index contributed by atoms with van der Waals surface area (Å²) in [5, 5.41) is 3.45. The second-order valence-corrected chi connectivity index (χ2v) is 5.86. The fraction of sp³-hybridized carbons (Fsp3) is 0. The largest absolute Gasteiger partial charge is 0.337 e. The number of nitrogens with zero attached hydrogens (tertiary/aromatic N) is 1. The van der Waals surface area contributed by atoms with Gasteiger partial charge in [-0.25, -0.2) is 9.37 Å². The lowest BCUT2D eigenvalue weighted by Gasteiger charge is -2.10. The predicted molar refractivity (Wildman–Crippen MR) is 79.3 cm³/mol. The van der Waals surface area contributed by atoms with Crippen molar-refractivity contribution in [2.45, 2.75) is 0 Å². The Morgan fingerprint density at radius 3 is 2.56 bits per heavy atom. The van der Waals surface area contributed by atoms with Crippen LogP contribution in [0, 0.1) is 5.82 Å². The number of hydrogen-bond donors (Lipinski definition) is 1. The van der Waals surface area contributed by atoms with Gasteiger partial charge in [0.1, 0.15) is 0 Å². The zero-order valence-electron chi connectivity index (χ0n) is 8.65. The van der Waals surface area contributed by atoms with Crippen LogP contribution < -0.4 is 5.32 Å². The van der Waals surface area contributed by atoms with E-state index in [4.69, 9.17) is 23.2 Å². The van der Waals surface area contributed by atoms with Crippen molar-refractivity contribution in [3.8, 4) is 0 Å². The lowest BCUT2D eigenvalue weighted by Crippen LogP contribution is -1.98. The van der Waals surface area contributed by atoms with Gasteiger partial charge in [0, 0.05) is 15.1 Å². The van der Waals surface area contributed by atoms with E-state index in [9.17, 15) is 4.39 Å². The van der Waals surface area contributed by atoms with Crippen LogP contribution in [0.5, 0.6) is 0 Å². The number of aromatic nitrogens is 1. The molecular formula is C11H5Br2Cl2FN2. The Kier molecular flexibility index (Phi) is 4.48. The average molecular weight is 415 g/mol. The van der Waals surface area contributed by atoms with Crippen LogP contribution in [0.15, 0.2) is 33.3 Å². The lowest BCUT2D eigenvalue weighted by atomic mass is 10.3. The van der Waals surface area contributed by atoms with Crippen molar-refractivity contribution in [2.24, 2.45) is 0 Å². The maximum absolute atomic E-state index is 13.6. The summed E-state index contributed by atoms with van der Waals surface area (Å²) in [5.41, 5.74) is 0.485. The first-order valence-electron chi connectivity index (χ1n) is 4.70. The molecule has 0 amide bonds. The van der Waals surface area contributed by atoms with Crippen molar-refractivity contribution >= 4 is 66.6 Å². The van der Waals surface area contributed by atoms with Gasteiger partial charge >= 0.3 is 0 Å². The van der Waals surface area contributed by atoms with Gasteiger partial charge in [-0.2, -0.15) is 0 Å². The first-order valence-corrected chi connectivity index (χ1v) is 7.05. The van der Waals surface area contributed by atoms with Gasteiger partial charge in [0.15, 0.2) is 11.6 Å². The van der Waals surface area contributed by atoms with Crippen molar-refractivity contribution in [3.63, 3.8) is 0 Å². The summed E-state index contributed by atoms with van der Waals surface area (Å²) in [6, 6.07) is 4.71. The molecule has 7 heteroatoms. The van der Waals surface area contributed by atoms with Crippen molar-refractivity contribution in [3.05, 3.63) is 49.2 Å². The SMILES string of the molecule is Fc1cc(Br)cnc1Nc1ccc(Br)c(Cl)c1Cl. The van der Waals surface area contributed by atoms with Crippen LogP contribution in [-0.4, -0.2) is 4.98 Å².